The van der Waals surface area contributed by atoms with Gasteiger partial charge in [0.15, 0.2) is 0 Å². The summed E-state index contributed by atoms with van der Waals surface area (Å²) in [6.07, 6.45) is 4.47. The lowest BCUT2D eigenvalue weighted by Gasteiger charge is -2.22. The third kappa shape index (κ3) is 3.00. The van der Waals surface area contributed by atoms with Gasteiger partial charge in [0.2, 0.25) is 0 Å². The van der Waals surface area contributed by atoms with Crippen LogP contribution in [0.5, 0.6) is 0 Å². The van der Waals surface area contributed by atoms with Gasteiger partial charge in [0.1, 0.15) is 0 Å². The Morgan fingerprint density at radius 3 is 2.78 bits per heavy atom. The number of aromatic nitrogens is 1. The molecule has 2 N–H and O–H groups in total. The Morgan fingerprint density at radius 2 is 2.17 bits per heavy atom. The Morgan fingerprint density at radius 1 is 1.44 bits per heavy atom. The Balaban J connectivity index is 2.08. The van der Waals surface area contributed by atoms with Gasteiger partial charge in [0.05, 0.1) is 12.3 Å². The molecule has 0 unspecified atom stereocenters. The van der Waals surface area contributed by atoms with Crippen LogP contribution in [0.4, 0.5) is 5.69 Å². The molecule has 0 radical (unpaired) electrons. The van der Waals surface area contributed by atoms with Crippen LogP contribution in [0.15, 0.2) is 6.20 Å². The third-order valence-corrected chi connectivity index (χ3v) is 3.67. The molecular formula is C14H23N3O. The van der Waals surface area contributed by atoms with E-state index >= 15 is 0 Å². The summed E-state index contributed by atoms with van der Waals surface area (Å²) in [6.45, 7) is 6.69. The van der Waals surface area contributed by atoms with E-state index in [4.69, 9.17) is 10.5 Å². The van der Waals surface area contributed by atoms with Crippen molar-refractivity contribution < 1.29 is 4.74 Å². The minimum Gasteiger partial charge on any atom is -0.398 e. The number of nitrogen functional groups attached to an aromatic ring is 1. The molecule has 1 aliphatic rings. The molecule has 4 heteroatoms. The lowest BCUT2D eigenvalue weighted by atomic mass is 10.1. The molecule has 0 saturated heterocycles. The smallest absolute Gasteiger partial charge is 0.0593 e. The highest BCUT2D eigenvalue weighted by molar-refractivity contribution is 5.53. The standard InChI is InChI=1S/C14H23N3O/c1-10-8-16-13(11(2)14(10)15)9-17(6-7-18-3)12-4-5-12/h8,12H,4-7,9H2,1-3H3,(H2,15,16). The zero-order chi connectivity index (χ0) is 13.1. The van der Waals surface area contributed by atoms with E-state index in [0.29, 0.717) is 6.04 Å². The van der Waals surface area contributed by atoms with Crippen molar-refractivity contribution in [1.82, 2.24) is 9.88 Å². The first-order valence-electron chi connectivity index (χ1n) is 6.57. The lowest BCUT2D eigenvalue weighted by molar-refractivity contribution is 0.138. The van der Waals surface area contributed by atoms with Gasteiger partial charge in [-0.1, -0.05) is 0 Å². The van der Waals surface area contributed by atoms with Crippen LogP contribution in [0.3, 0.4) is 0 Å². The van der Waals surface area contributed by atoms with Crippen LogP contribution in [-0.4, -0.2) is 36.2 Å². The van der Waals surface area contributed by atoms with E-state index in [0.717, 1.165) is 42.2 Å². The van der Waals surface area contributed by atoms with Gasteiger partial charge < -0.3 is 10.5 Å². The molecule has 0 amide bonds. The Labute approximate surface area is 109 Å². The zero-order valence-electron chi connectivity index (χ0n) is 11.6. The van der Waals surface area contributed by atoms with Gasteiger partial charge >= 0.3 is 0 Å². The van der Waals surface area contributed by atoms with Crippen molar-refractivity contribution in [1.29, 1.82) is 0 Å². The summed E-state index contributed by atoms with van der Waals surface area (Å²) in [7, 11) is 1.75. The normalized spacial score (nSPS) is 15.3. The zero-order valence-corrected chi connectivity index (χ0v) is 11.6. The monoisotopic (exact) mass is 249 g/mol. The number of aryl methyl sites for hydroxylation is 1. The van der Waals surface area contributed by atoms with Gasteiger partial charge in [-0.2, -0.15) is 0 Å². The van der Waals surface area contributed by atoms with Crippen molar-refractivity contribution in [3.05, 3.63) is 23.0 Å². The van der Waals surface area contributed by atoms with Crippen LogP contribution >= 0.6 is 0 Å². The summed E-state index contributed by atoms with van der Waals surface area (Å²) in [6, 6.07) is 0.712. The summed E-state index contributed by atoms with van der Waals surface area (Å²) in [5.41, 5.74) is 10.2. The molecule has 4 nitrogen and oxygen atoms in total. The summed E-state index contributed by atoms with van der Waals surface area (Å²) in [4.78, 5) is 6.99. The molecule has 0 aromatic carbocycles. The summed E-state index contributed by atoms with van der Waals surface area (Å²) < 4.78 is 5.17. The minimum atomic E-state index is 0.712. The van der Waals surface area contributed by atoms with Crippen molar-refractivity contribution in [2.75, 3.05) is 26.0 Å². The number of hydrogen-bond acceptors (Lipinski definition) is 4. The number of hydrogen-bond donors (Lipinski definition) is 1. The van der Waals surface area contributed by atoms with E-state index in [1.165, 1.54) is 12.8 Å². The van der Waals surface area contributed by atoms with Crippen molar-refractivity contribution in [2.45, 2.75) is 39.3 Å². The van der Waals surface area contributed by atoms with Crippen molar-refractivity contribution >= 4 is 5.69 Å². The number of rotatable bonds is 6. The van der Waals surface area contributed by atoms with E-state index in [2.05, 4.69) is 16.8 Å². The number of pyridine rings is 1. The van der Waals surface area contributed by atoms with E-state index in [1.807, 2.05) is 13.1 Å². The molecule has 1 saturated carbocycles. The van der Waals surface area contributed by atoms with Gasteiger partial charge in [-0.3, -0.25) is 9.88 Å². The fourth-order valence-corrected chi connectivity index (χ4v) is 2.18. The predicted molar refractivity (Wildman–Crippen MR) is 73.4 cm³/mol. The SMILES string of the molecule is COCCN(Cc1ncc(C)c(N)c1C)C1CC1. The van der Waals surface area contributed by atoms with Gasteiger partial charge in [-0.25, -0.2) is 0 Å². The van der Waals surface area contributed by atoms with E-state index in [1.54, 1.807) is 7.11 Å². The molecule has 0 atom stereocenters. The molecular weight excluding hydrogens is 226 g/mol. The highest BCUT2D eigenvalue weighted by Gasteiger charge is 2.29. The lowest BCUT2D eigenvalue weighted by Crippen LogP contribution is -2.30. The second-order valence-corrected chi connectivity index (χ2v) is 5.12. The average Bonchev–Trinajstić information content (AvgIpc) is 3.18. The Hall–Kier alpha value is -1.13. The number of ether oxygens (including phenoxy) is 1. The van der Waals surface area contributed by atoms with Crippen LogP contribution in [0.25, 0.3) is 0 Å². The molecule has 1 aliphatic carbocycles. The second kappa shape index (κ2) is 5.67. The van der Waals surface area contributed by atoms with Crippen LogP contribution in [0, 0.1) is 13.8 Å². The maximum atomic E-state index is 6.07. The van der Waals surface area contributed by atoms with Gasteiger partial charge in [-0.15, -0.1) is 0 Å². The van der Waals surface area contributed by atoms with Gasteiger partial charge in [-0.05, 0) is 37.8 Å². The molecule has 0 aliphatic heterocycles. The number of methoxy groups -OCH3 is 1. The van der Waals surface area contributed by atoms with Gasteiger partial charge in [0.25, 0.3) is 0 Å². The van der Waals surface area contributed by atoms with Crippen LogP contribution in [0.1, 0.15) is 29.7 Å². The van der Waals surface area contributed by atoms with E-state index in [9.17, 15) is 0 Å². The average molecular weight is 249 g/mol. The highest BCUT2D eigenvalue weighted by atomic mass is 16.5. The quantitative estimate of drug-likeness (QED) is 0.836. The van der Waals surface area contributed by atoms with Crippen molar-refractivity contribution in [3.8, 4) is 0 Å². The Bertz CT molecular complexity index is 416. The molecule has 2 rings (SSSR count). The minimum absolute atomic E-state index is 0.712. The molecule has 18 heavy (non-hydrogen) atoms. The van der Waals surface area contributed by atoms with E-state index in [-0.39, 0.29) is 0 Å². The van der Waals surface area contributed by atoms with Crippen LogP contribution in [0.2, 0.25) is 0 Å². The second-order valence-electron chi connectivity index (χ2n) is 5.12. The summed E-state index contributed by atoms with van der Waals surface area (Å²) in [5.74, 6) is 0. The molecule has 0 bridgehead atoms. The molecule has 1 fully saturated rings. The topological polar surface area (TPSA) is 51.4 Å². The molecule has 0 spiro atoms. The summed E-state index contributed by atoms with van der Waals surface area (Å²) >= 11 is 0. The fraction of sp³-hybridized carbons (Fsp3) is 0.643. The number of nitrogens with two attached hydrogens (primary N) is 1. The van der Waals surface area contributed by atoms with E-state index < -0.39 is 0 Å². The van der Waals surface area contributed by atoms with Crippen LogP contribution < -0.4 is 5.73 Å². The van der Waals surface area contributed by atoms with Crippen molar-refractivity contribution in [3.63, 3.8) is 0 Å². The largest absolute Gasteiger partial charge is 0.398 e. The first-order valence-corrected chi connectivity index (χ1v) is 6.57. The third-order valence-electron chi connectivity index (χ3n) is 3.67. The molecule has 1 heterocycles. The maximum Gasteiger partial charge on any atom is 0.0593 e. The summed E-state index contributed by atoms with van der Waals surface area (Å²) in [5, 5.41) is 0. The van der Waals surface area contributed by atoms with Crippen LogP contribution in [-0.2, 0) is 11.3 Å². The Kier molecular flexibility index (Phi) is 4.19. The molecule has 1 aromatic rings. The molecule has 1 aromatic heterocycles. The highest BCUT2D eigenvalue weighted by Crippen LogP contribution is 2.29. The number of anilines is 1. The first kappa shape index (κ1) is 13.3. The first-order chi connectivity index (χ1) is 8.63. The maximum absolute atomic E-state index is 6.07. The molecule has 100 valence electrons. The fourth-order valence-electron chi connectivity index (χ4n) is 2.18. The van der Waals surface area contributed by atoms with Crippen molar-refractivity contribution in [2.24, 2.45) is 0 Å². The van der Waals surface area contributed by atoms with Gasteiger partial charge in [0, 0.05) is 38.1 Å². The number of nitrogens with zero attached hydrogens (tertiary/aromatic N) is 2. The predicted octanol–water partition coefficient (Wildman–Crippen LogP) is 1.89.